The molecule has 4 heteroatoms. The van der Waals surface area contributed by atoms with Crippen LogP contribution in [-0.2, 0) is 9.63 Å². The van der Waals surface area contributed by atoms with Crippen molar-refractivity contribution in [3.63, 3.8) is 0 Å². The third-order valence-electron chi connectivity index (χ3n) is 3.15. The molecule has 0 saturated carbocycles. The van der Waals surface area contributed by atoms with Gasteiger partial charge in [0.1, 0.15) is 0 Å². The highest BCUT2D eigenvalue weighted by molar-refractivity contribution is 5.75. The number of rotatable bonds is 3. The predicted octanol–water partition coefficient (Wildman–Crippen LogP) is 2.47. The van der Waals surface area contributed by atoms with Gasteiger partial charge in [0.15, 0.2) is 0 Å². The van der Waals surface area contributed by atoms with Gasteiger partial charge in [0.2, 0.25) is 0 Å². The quantitative estimate of drug-likeness (QED) is 0.843. The minimum absolute atomic E-state index is 0.163. The van der Waals surface area contributed by atoms with Crippen LogP contribution in [-0.4, -0.2) is 29.2 Å². The van der Waals surface area contributed by atoms with Crippen molar-refractivity contribution in [2.24, 2.45) is 11.1 Å². The molecule has 1 heterocycles. The second-order valence-corrected chi connectivity index (χ2v) is 7.11. The number of hydrogen-bond donors (Lipinski definition) is 1. The van der Waals surface area contributed by atoms with E-state index in [1.807, 2.05) is 39.7 Å². The van der Waals surface area contributed by atoms with Gasteiger partial charge in [-0.2, -0.15) is 0 Å². The average Bonchev–Trinajstić information content (AvgIpc) is 2.17. The van der Waals surface area contributed by atoms with Crippen molar-refractivity contribution < 1.29 is 9.63 Å². The van der Waals surface area contributed by atoms with Crippen LogP contribution in [0, 0.1) is 5.41 Å². The van der Waals surface area contributed by atoms with Crippen molar-refractivity contribution in [1.82, 2.24) is 5.06 Å². The van der Waals surface area contributed by atoms with Gasteiger partial charge in [0.05, 0.1) is 5.41 Å². The first-order valence-electron chi connectivity index (χ1n) is 6.87. The van der Waals surface area contributed by atoms with Gasteiger partial charge in [-0.05, 0) is 53.9 Å². The second kappa shape index (κ2) is 5.57. The molecule has 4 nitrogen and oxygen atoms in total. The summed E-state index contributed by atoms with van der Waals surface area (Å²) in [5, 5.41) is 1.85. The van der Waals surface area contributed by atoms with Crippen LogP contribution in [0.5, 0.6) is 0 Å². The van der Waals surface area contributed by atoms with E-state index >= 15 is 0 Å². The second-order valence-electron chi connectivity index (χ2n) is 7.11. The lowest BCUT2D eigenvalue weighted by Gasteiger charge is -2.38. The molecule has 0 spiro atoms. The molecule has 2 N–H and O–H groups in total. The van der Waals surface area contributed by atoms with E-state index in [2.05, 4.69) is 0 Å². The molecular weight excluding hydrogens is 228 g/mol. The fraction of sp³-hybridized carbons (Fsp3) is 0.929. The summed E-state index contributed by atoms with van der Waals surface area (Å²) in [5.41, 5.74) is 5.39. The van der Waals surface area contributed by atoms with E-state index in [1.54, 1.807) is 0 Å². The standard InChI is InChI=1S/C14H28N2O2/c1-13(2,3)12(17)18-16-9-7-6-8-11(16)10-14(4,5)15/h11H,6-10,15H2,1-5H3. The lowest BCUT2D eigenvalue weighted by Crippen LogP contribution is -2.48. The van der Waals surface area contributed by atoms with E-state index in [0.717, 1.165) is 25.8 Å². The number of nitrogens with zero attached hydrogens (tertiary/aromatic N) is 1. The molecule has 0 aromatic heterocycles. The first-order valence-corrected chi connectivity index (χ1v) is 6.87. The third kappa shape index (κ3) is 4.94. The van der Waals surface area contributed by atoms with Gasteiger partial charge < -0.3 is 10.6 Å². The van der Waals surface area contributed by atoms with Gasteiger partial charge >= 0.3 is 5.97 Å². The van der Waals surface area contributed by atoms with E-state index in [4.69, 9.17) is 10.6 Å². The van der Waals surface area contributed by atoms with Crippen molar-refractivity contribution in [2.45, 2.75) is 71.9 Å². The van der Waals surface area contributed by atoms with Crippen LogP contribution >= 0.6 is 0 Å². The zero-order chi connectivity index (χ0) is 14.0. The lowest BCUT2D eigenvalue weighted by molar-refractivity contribution is -0.218. The van der Waals surface area contributed by atoms with E-state index in [-0.39, 0.29) is 17.6 Å². The van der Waals surface area contributed by atoms with Crippen LogP contribution in [0.3, 0.4) is 0 Å². The summed E-state index contributed by atoms with van der Waals surface area (Å²) < 4.78 is 0. The van der Waals surface area contributed by atoms with Gasteiger partial charge in [-0.3, -0.25) is 0 Å². The number of hydrogen-bond acceptors (Lipinski definition) is 4. The minimum Gasteiger partial charge on any atom is -0.367 e. The van der Waals surface area contributed by atoms with Crippen LogP contribution in [0.4, 0.5) is 0 Å². The largest absolute Gasteiger partial charge is 0.367 e. The van der Waals surface area contributed by atoms with Gasteiger partial charge in [0.25, 0.3) is 0 Å². The van der Waals surface area contributed by atoms with Crippen LogP contribution in [0.25, 0.3) is 0 Å². The first-order chi connectivity index (χ1) is 8.09. The Morgan fingerprint density at radius 1 is 1.28 bits per heavy atom. The zero-order valence-electron chi connectivity index (χ0n) is 12.5. The Balaban J connectivity index is 2.63. The number of hydroxylamine groups is 2. The Morgan fingerprint density at radius 3 is 2.39 bits per heavy atom. The molecule has 0 aliphatic carbocycles. The van der Waals surface area contributed by atoms with Crippen LogP contribution in [0.15, 0.2) is 0 Å². The van der Waals surface area contributed by atoms with Gasteiger partial charge in [0, 0.05) is 18.1 Å². The SMILES string of the molecule is CC(C)(N)CC1CCCCN1OC(=O)C(C)(C)C. The van der Waals surface area contributed by atoms with E-state index in [1.165, 1.54) is 6.42 Å². The maximum absolute atomic E-state index is 11.9. The number of piperidine rings is 1. The Morgan fingerprint density at radius 2 is 1.89 bits per heavy atom. The Hall–Kier alpha value is -0.610. The van der Waals surface area contributed by atoms with Crippen molar-refractivity contribution >= 4 is 5.97 Å². The summed E-state index contributed by atoms with van der Waals surface area (Å²) in [6.07, 6.45) is 4.17. The fourth-order valence-electron chi connectivity index (χ4n) is 2.15. The molecule has 1 saturated heterocycles. The molecule has 1 atom stereocenters. The van der Waals surface area contributed by atoms with Crippen molar-refractivity contribution in [3.8, 4) is 0 Å². The van der Waals surface area contributed by atoms with E-state index in [9.17, 15) is 4.79 Å². The number of carbonyl (C=O) groups excluding carboxylic acids is 1. The van der Waals surface area contributed by atoms with Crippen molar-refractivity contribution in [2.75, 3.05) is 6.54 Å². The highest BCUT2D eigenvalue weighted by Gasteiger charge is 2.32. The summed E-state index contributed by atoms with van der Waals surface area (Å²) in [4.78, 5) is 17.5. The molecule has 106 valence electrons. The molecule has 18 heavy (non-hydrogen) atoms. The zero-order valence-corrected chi connectivity index (χ0v) is 12.5. The molecule has 0 aromatic carbocycles. The molecule has 0 bridgehead atoms. The van der Waals surface area contributed by atoms with E-state index < -0.39 is 5.41 Å². The Kier molecular flexibility index (Phi) is 4.78. The topological polar surface area (TPSA) is 55.6 Å². The Labute approximate surface area is 111 Å². The number of carbonyl (C=O) groups is 1. The Bertz CT molecular complexity index is 289. The summed E-state index contributed by atoms with van der Waals surface area (Å²) in [7, 11) is 0. The molecule has 1 unspecified atom stereocenters. The molecule has 0 radical (unpaired) electrons. The normalized spacial score (nSPS) is 22.9. The molecule has 0 amide bonds. The maximum atomic E-state index is 11.9. The molecular formula is C14H28N2O2. The van der Waals surface area contributed by atoms with Gasteiger partial charge in [-0.1, -0.05) is 6.42 Å². The number of nitrogens with two attached hydrogens (primary N) is 1. The summed E-state index contributed by atoms with van der Waals surface area (Å²) in [6.45, 7) is 10.5. The average molecular weight is 256 g/mol. The van der Waals surface area contributed by atoms with Crippen LogP contribution in [0.1, 0.15) is 60.3 Å². The highest BCUT2D eigenvalue weighted by Crippen LogP contribution is 2.26. The summed E-state index contributed by atoms with van der Waals surface area (Å²) >= 11 is 0. The minimum atomic E-state index is -0.458. The molecule has 0 aromatic rings. The maximum Gasteiger partial charge on any atom is 0.330 e. The molecule has 1 fully saturated rings. The summed E-state index contributed by atoms with van der Waals surface area (Å²) in [6, 6.07) is 0.255. The molecule has 1 aliphatic heterocycles. The molecule has 1 aliphatic rings. The molecule has 1 rings (SSSR count). The predicted molar refractivity (Wildman–Crippen MR) is 72.8 cm³/mol. The first kappa shape index (κ1) is 15.4. The third-order valence-corrected chi connectivity index (χ3v) is 3.15. The smallest absolute Gasteiger partial charge is 0.330 e. The lowest BCUT2D eigenvalue weighted by atomic mass is 9.91. The van der Waals surface area contributed by atoms with Gasteiger partial charge in [-0.15, -0.1) is 5.06 Å². The summed E-state index contributed by atoms with van der Waals surface area (Å²) in [5.74, 6) is -0.163. The monoisotopic (exact) mass is 256 g/mol. The van der Waals surface area contributed by atoms with Crippen LogP contribution < -0.4 is 5.73 Å². The van der Waals surface area contributed by atoms with Crippen molar-refractivity contribution in [1.29, 1.82) is 0 Å². The van der Waals surface area contributed by atoms with Crippen LogP contribution in [0.2, 0.25) is 0 Å². The fourth-order valence-corrected chi connectivity index (χ4v) is 2.15. The van der Waals surface area contributed by atoms with Crippen molar-refractivity contribution in [3.05, 3.63) is 0 Å². The highest BCUT2D eigenvalue weighted by atomic mass is 16.7. The van der Waals surface area contributed by atoms with E-state index in [0.29, 0.717) is 0 Å². The van der Waals surface area contributed by atoms with Gasteiger partial charge in [-0.25, -0.2) is 4.79 Å².